The van der Waals surface area contributed by atoms with Crippen LogP contribution in [0.1, 0.15) is 45.4 Å². The van der Waals surface area contributed by atoms with Gasteiger partial charge in [-0.1, -0.05) is 19.8 Å². The minimum absolute atomic E-state index is 0.823. The van der Waals surface area contributed by atoms with Crippen molar-refractivity contribution >= 4 is 0 Å². The number of likely N-dealkylation sites (N-methyl/N-ethyl adjacent to an activating group) is 1. The summed E-state index contributed by atoms with van der Waals surface area (Å²) in [5.41, 5.74) is 0. The highest BCUT2D eigenvalue weighted by molar-refractivity contribution is 4.83. The van der Waals surface area contributed by atoms with Crippen molar-refractivity contribution in [3.63, 3.8) is 0 Å². The van der Waals surface area contributed by atoms with E-state index in [1.54, 1.807) is 0 Å². The van der Waals surface area contributed by atoms with Crippen LogP contribution >= 0.6 is 0 Å². The number of nitrogens with one attached hydrogen (secondary N) is 1. The van der Waals surface area contributed by atoms with Crippen molar-refractivity contribution in [2.24, 2.45) is 11.8 Å². The number of hydrogen-bond donors (Lipinski definition) is 1. The zero-order valence-corrected chi connectivity index (χ0v) is 11.0. The van der Waals surface area contributed by atoms with E-state index >= 15 is 0 Å². The Morgan fingerprint density at radius 2 is 1.88 bits per heavy atom. The van der Waals surface area contributed by atoms with E-state index in [0.29, 0.717) is 0 Å². The molecule has 0 bridgehead atoms. The van der Waals surface area contributed by atoms with Crippen LogP contribution in [0.25, 0.3) is 0 Å². The largest absolute Gasteiger partial charge is 0.318 e. The lowest BCUT2D eigenvalue weighted by molar-refractivity contribution is 0.172. The standard InChI is InChI=1S/C14H28N2/c1-12-5-7-13(8-6-12)11-16-9-3-4-14(16)10-15-2/h12-15H,3-11H2,1-2H3. The van der Waals surface area contributed by atoms with Crippen molar-refractivity contribution in [3.8, 4) is 0 Å². The molecule has 0 amide bonds. The zero-order chi connectivity index (χ0) is 11.4. The van der Waals surface area contributed by atoms with Crippen LogP contribution in [0.3, 0.4) is 0 Å². The molecule has 2 aliphatic rings. The summed E-state index contributed by atoms with van der Waals surface area (Å²) in [4.78, 5) is 2.75. The molecule has 0 radical (unpaired) electrons. The summed E-state index contributed by atoms with van der Waals surface area (Å²) in [5.74, 6) is 1.98. The summed E-state index contributed by atoms with van der Waals surface area (Å²) in [6.07, 6.45) is 8.71. The average Bonchev–Trinajstić information content (AvgIpc) is 2.70. The molecule has 2 rings (SSSR count). The molecule has 1 atom stereocenters. The third-order valence-corrected chi connectivity index (χ3v) is 4.57. The second kappa shape index (κ2) is 6.02. The van der Waals surface area contributed by atoms with Crippen LogP contribution < -0.4 is 5.32 Å². The molecule has 1 aliphatic carbocycles. The Bertz CT molecular complexity index is 197. The van der Waals surface area contributed by atoms with Crippen LogP contribution in [0.4, 0.5) is 0 Å². The first kappa shape index (κ1) is 12.4. The first-order valence-electron chi connectivity index (χ1n) is 7.18. The fourth-order valence-electron chi connectivity index (χ4n) is 3.45. The predicted molar refractivity (Wildman–Crippen MR) is 69.6 cm³/mol. The first-order chi connectivity index (χ1) is 7.79. The van der Waals surface area contributed by atoms with E-state index < -0.39 is 0 Å². The molecule has 1 N–H and O–H groups in total. The van der Waals surface area contributed by atoms with Crippen LogP contribution in [-0.4, -0.2) is 37.6 Å². The molecule has 94 valence electrons. The maximum Gasteiger partial charge on any atom is 0.0221 e. The maximum atomic E-state index is 3.34. The molecule has 1 aliphatic heterocycles. The van der Waals surface area contributed by atoms with E-state index in [1.807, 2.05) is 0 Å². The second-order valence-corrected chi connectivity index (χ2v) is 5.97. The van der Waals surface area contributed by atoms with Crippen molar-refractivity contribution in [1.82, 2.24) is 10.2 Å². The quantitative estimate of drug-likeness (QED) is 0.789. The SMILES string of the molecule is CNCC1CCCN1CC1CCC(C)CC1. The highest BCUT2D eigenvalue weighted by Crippen LogP contribution is 2.30. The smallest absolute Gasteiger partial charge is 0.0221 e. The normalized spacial score (nSPS) is 36.8. The summed E-state index contributed by atoms with van der Waals surface area (Å²) < 4.78 is 0. The molecular weight excluding hydrogens is 196 g/mol. The van der Waals surface area contributed by atoms with Crippen LogP contribution in [0, 0.1) is 11.8 Å². The van der Waals surface area contributed by atoms with Gasteiger partial charge in [-0.05, 0) is 51.1 Å². The summed E-state index contributed by atoms with van der Waals surface area (Å²) in [7, 11) is 2.08. The number of hydrogen-bond acceptors (Lipinski definition) is 2. The second-order valence-electron chi connectivity index (χ2n) is 5.97. The van der Waals surface area contributed by atoms with Gasteiger partial charge < -0.3 is 5.32 Å². The predicted octanol–water partition coefficient (Wildman–Crippen LogP) is 2.50. The van der Waals surface area contributed by atoms with E-state index in [0.717, 1.165) is 17.9 Å². The van der Waals surface area contributed by atoms with Gasteiger partial charge in [0.05, 0.1) is 0 Å². The van der Waals surface area contributed by atoms with Crippen molar-refractivity contribution < 1.29 is 0 Å². The van der Waals surface area contributed by atoms with Gasteiger partial charge in [0.1, 0.15) is 0 Å². The molecule has 1 saturated heterocycles. The first-order valence-corrected chi connectivity index (χ1v) is 7.18. The minimum atomic E-state index is 0.823. The monoisotopic (exact) mass is 224 g/mol. The van der Waals surface area contributed by atoms with E-state index in [2.05, 4.69) is 24.2 Å². The molecule has 2 heteroatoms. The van der Waals surface area contributed by atoms with E-state index in [9.17, 15) is 0 Å². The average molecular weight is 224 g/mol. The highest BCUT2D eigenvalue weighted by Gasteiger charge is 2.27. The van der Waals surface area contributed by atoms with Gasteiger partial charge in [-0.2, -0.15) is 0 Å². The molecule has 2 nitrogen and oxygen atoms in total. The van der Waals surface area contributed by atoms with E-state index in [1.165, 1.54) is 58.2 Å². The lowest BCUT2D eigenvalue weighted by Crippen LogP contribution is -2.40. The van der Waals surface area contributed by atoms with Gasteiger partial charge in [0.15, 0.2) is 0 Å². The molecule has 1 unspecified atom stereocenters. The molecule has 2 fully saturated rings. The van der Waals surface area contributed by atoms with Crippen LogP contribution in [0.5, 0.6) is 0 Å². The summed E-state index contributed by atoms with van der Waals surface area (Å²) >= 11 is 0. The van der Waals surface area contributed by atoms with Gasteiger partial charge in [-0.3, -0.25) is 4.90 Å². The summed E-state index contributed by atoms with van der Waals surface area (Å²) in [6, 6.07) is 0.823. The zero-order valence-electron chi connectivity index (χ0n) is 11.0. The van der Waals surface area contributed by atoms with Gasteiger partial charge in [0.25, 0.3) is 0 Å². The molecule has 1 heterocycles. The summed E-state index contributed by atoms with van der Waals surface area (Å²) in [6.45, 7) is 6.32. The Hall–Kier alpha value is -0.0800. The lowest BCUT2D eigenvalue weighted by Gasteiger charge is -2.32. The van der Waals surface area contributed by atoms with Gasteiger partial charge >= 0.3 is 0 Å². The Kier molecular flexibility index (Phi) is 4.66. The molecule has 16 heavy (non-hydrogen) atoms. The topological polar surface area (TPSA) is 15.3 Å². The van der Waals surface area contributed by atoms with Crippen LogP contribution in [0.15, 0.2) is 0 Å². The van der Waals surface area contributed by atoms with Gasteiger partial charge in [-0.25, -0.2) is 0 Å². The van der Waals surface area contributed by atoms with Crippen molar-refractivity contribution in [2.75, 3.05) is 26.7 Å². The lowest BCUT2D eigenvalue weighted by atomic mass is 9.83. The maximum absolute atomic E-state index is 3.34. The molecular formula is C14H28N2. The van der Waals surface area contributed by atoms with Crippen molar-refractivity contribution in [3.05, 3.63) is 0 Å². The van der Waals surface area contributed by atoms with Crippen LogP contribution in [0.2, 0.25) is 0 Å². The Balaban J connectivity index is 1.75. The Labute approximate surface area is 101 Å². The number of rotatable bonds is 4. The molecule has 0 aromatic heterocycles. The fourth-order valence-corrected chi connectivity index (χ4v) is 3.45. The number of likely N-dealkylation sites (tertiary alicyclic amines) is 1. The Morgan fingerprint density at radius 1 is 1.12 bits per heavy atom. The molecule has 1 saturated carbocycles. The van der Waals surface area contributed by atoms with Gasteiger partial charge in [0.2, 0.25) is 0 Å². The molecule has 0 aromatic carbocycles. The van der Waals surface area contributed by atoms with Gasteiger partial charge in [0, 0.05) is 19.1 Å². The molecule has 0 aromatic rings. The van der Waals surface area contributed by atoms with Crippen molar-refractivity contribution in [1.29, 1.82) is 0 Å². The minimum Gasteiger partial charge on any atom is -0.318 e. The van der Waals surface area contributed by atoms with E-state index in [-0.39, 0.29) is 0 Å². The molecule has 0 spiro atoms. The Morgan fingerprint density at radius 3 is 2.56 bits per heavy atom. The number of nitrogens with zero attached hydrogens (tertiary/aromatic N) is 1. The summed E-state index contributed by atoms with van der Waals surface area (Å²) in [5, 5.41) is 3.34. The highest BCUT2D eigenvalue weighted by atomic mass is 15.2. The van der Waals surface area contributed by atoms with E-state index in [4.69, 9.17) is 0 Å². The van der Waals surface area contributed by atoms with Crippen LogP contribution in [-0.2, 0) is 0 Å². The third-order valence-electron chi connectivity index (χ3n) is 4.57. The fraction of sp³-hybridized carbons (Fsp3) is 1.00. The third kappa shape index (κ3) is 3.21. The van der Waals surface area contributed by atoms with Gasteiger partial charge in [-0.15, -0.1) is 0 Å². The van der Waals surface area contributed by atoms with Crippen molar-refractivity contribution in [2.45, 2.75) is 51.5 Å².